The summed E-state index contributed by atoms with van der Waals surface area (Å²) in [5, 5.41) is 0. The number of esters is 1. The van der Waals surface area contributed by atoms with Crippen molar-refractivity contribution in [3.8, 4) is 0 Å². The maximum Gasteiger partial charge on any atom is 0.336 e. The topological polar surface area (TPSA) is 26.3 Å². The fraction of sp³-hybridized carbons (Fsp3) is 0.571. The van der Waals surface area contributed by atoms with Gasteiger partial charge in [-0.2, -0.15) is 0 Å². The molecule has 0 aromatic carbocycles. The van der Waals surface area contributed by atoms with Crippen molar-refractivity contribution in [2.45, 2.75) is 20.3 Å². The minimum absolute atomic E-state index is 0.00782. The normalized spacial score (nSPS) is 11.3. The van der Waals surface area contributed by atoms with Crippen molar-refractivity contribution in [2.24, 2.45) is 0 Å². The third kappa shape index (κ3) is 3.22. The van der Waals surface area contributed by atoms with E-state index in [0.717, 1.165) is 6.42 Å². The Morgan fingerprint density at radius 2 is 2.30 bits per heavy atom. The number of halogens is 1. The largest absolute Gasteiger partial charge is 0.462 e. The van der Waals surface area contributed by atoms with Crippen LogP contribution in [-0.4, -0.2) is 12.6 Å². The summed E-state index contributed by atoms with van der Waals surface area (Å²) in [4.78, 5) is 10.6. The summed E-state index contributed by atoms with van der Waals surface area (Å²) in [7, 11) is 0. The molecule has 0 radical (unpaired) electrons. The lowest BCUT2D eigenvalue weighted by Crippen LogP contribution is -2.05. The summed E-state index contributed by atoms with van der Waals surface area (Å²) in [5.74, 6) is -0.579. The van der Waals surface area contributed by atoms with Crippen molar-refractivity contribution in [3.05, 3.63) is 11.9 Å². The zero-order valence-corrected chi connectivity index (χ0v) is 6.19. The smallest absolute Gasteiger partial charge is 0.336 e. The van der Waals surface area contributed by atoms with Crippen LogP contribution >= 0.6 is 0 Å². The molecule has 0 unspecified atom stereocenters. The van der Waals surface area contributed by atoms with Crippen LogP contribution in [0.15, 0.2) is 11.9 Å². The third-order valence-corrected chi connectivity index (χ3v) is 0.923. The highest BCUT2D eigenvalue weighted by atomic mass is 19.1. The number of carbonyl (C=O) groups excluding carboxylic acids is 1. The van der Waals surface area contributed by atoms with Gasteiger partial charge in [0.05, 0.1) is 18.5 Å². The van der Waals surface area contributed by atoms with E-state index in [1.54, 1.807) is 0 Å². The second kappa shape index (κ2) is 4.97. The molecule has 0 saturated carbocycles. The average Bonchev–Trinajstić information content (AvgIpc) is 1.98. The van der Waals surface area contributed by atoms with Crippen LogP contribution in [0.1, 0.15) is 20.3 Å². The SMILES string of the molecule is CCCOC(=O)C(C)=CF. The molecule has 0 aliphatic carbocycles. The first-order valence-electron chi connectivity index (χ1n) is 3.16. The maximum atomic E-state index is 11.6. The van der Waals surface area contributed by atoms with Gasteiger partial charge >= 0.3 is 5.97 Å². The van der Waals surface area contributed by atoms with Crippen LogP contribution in [0.5, 0.6) is 0 Å². The lowest BCUT2D eigenvalue weighted by molar-refractivity contribution is -0.139. The highest BCUT2D eigenvalue weighted by Crippen LogP contribution is 1.96. The van der Waals surface area contributed by atoms with Crippen molar-refractivity contribution in [1.29, 1.82) is 0 Å². The van der Waals surface area contributed by atoms with Gasteiger partial charge in [0.1, 0.15) is 0 Å². The molecule has 0 saturated heterocycles. The molecule has 2 nitrogen and oxygen atoms in total. The fourth-order valence-electron chi connectivity index (χ4n) is 0.353. The molecular formula is C7H11FO2. The summed E-state index contributed by atoms with van der Waals surface area (Å²) in [6.07, 6.45) is 1.00. The first kappa shape index (κ1) is 9.14. The first-order valence-corrected chi connectivity index (χ1v) is 3.16. The van der Waals surface area contributed by atoms with Crippen LogP contribution in [0, 0.1) is 0 Å². The van der Waals surface area contributed by atoms with E-state index in [-0.39, 0.29) is 11.9 Å². The summed E-state index contributed by atoms with van der Waals surface area (Å²) >= 11 is 0. The lowest BCUT2D eigenvalue weighted by atomic mass is 10.3. The number of hydrogen-bond donors (Lipinski definition) is 0. The summed E-state index contributed by atoms with van der Waals surface area (Å²) in [5.41, 5.74) is 0.00782. The van der Waals surface area contributed by atoms with Crippen LogP contribution in [0.25, 0.3) is 0 Å². The van der Waals surface area contributed by atoms with Crippen LogP contribution < -0.4 is 0 Å². The highest BCUT2D eigenvalue weighted by molar-refractivity contribution is 5.87. The predicted octanol–water partition coefficient (Wildman–Crippen LogP) is 1.81. The highest BCUT2D eigenvalue weighted by Gasteiger charge is 2.03. The molecule has 0 atom stereocenters. The fourth-order valence-corrected chi connectivity index (χ4v) is 0.353. The first-order chi connectivity index (χ1) is 4.72. The Labute approximate surface area is 59.7 Å². The Balaban J connectivity index is 3.63. The molecule has 58 valence electrons. The van der Waals surface area contributed by atoms with Gasteiger partial charge in [0, 0.05) is 0 Å². The molecule has 0 N–H and O–H groups in total. The molecule has 0 heterocycles. The van der Waals surface area contributed by atoms with Crippen LogP contribution in [0.4, 0.5) is 4.39 Å². The number of carbonyl (C=O) groups is 1. The van der Waals surface area contributed by atoms with Gasteiger partial charge in [0.25, 0.3) is 0 Å². The summed E-state index contributed by atoms with van der Waals surface area (Å²) in [6.45, 7) is 3.60. The van der Waals surface area contributed by atoms with E-state index in [9.17, 15) is 9.18 Å². The number of rotatable bonds is 3. The van der Waals surface area contributed by atoms with Crippen molar-refractivity contribution in [2.75, 3.05) is 6.61 Å². The van der Waals surface area contributed by atoms with Crippen molar-refractivity contribution >= 4 is 5.97 Å². The van der Waals surface area contributed by atoms with E-state index in [1.807, 2.05) is 6.92 Å². The van der Waals surface area contributed by atoms with Gasteiger partial charge in [0.2, 0.25) is 0 Å². The Morgan fingerprint density at radius 1 is 1.70 bits per heavy atom. The Kier molecular flexibility index (Phi) is 4.54. The molecule has 3 heteroatoms. The number of ether oxygens (including phenoxy) is 1. The minimum atomic E-state index is -0.579. The average molecular weight is 146 g/mol. The van der Waals surface area contributed by atoms with Gasteiger partial charge in [-0.15, -0.1) is 0 Å². The van der Waals surface area contributed by atoms with E-state index >= 15 is 0 Å². The van der Waals surface area contributed by atoms with E-state index in [2.05, 4.69) is 4.74 Å². The van der Waals surface area contributed by atoms with Gasteiger partial charge in [-0.25, -0.2) is 9.18 Å². The van der Waals surface area contributed by atoms with E-state index in [0.29, 0.717) is 6.61 Å². The van der Waals surface area contributed by atoms with Crippen molar-refractivity contribution in [1.82, 2.24) is 0 Å². The van der Waals surface area contributed by atoms with Crippen LogP contribution in [0.2, 0.25) is 0 Å². The zero-order chi connectivity index (χ0) is 7.98. The van der Waals surface area contributed by atoms with Crippen LogP contribution in [-0.2, 0) is 9.53 Å². The Morgan fingerprint density at radius 3 is 2.70 bits per heavy atom. The van der Waals surface area contributed by atoms with Gasteiger partial charge in [-0.1, -0.05) is 6.92 Å². The standard InChI is InChI=1S/C7H11FO2/c1-3-4-10-7(9)6(2)5-8/h5H,3-4H2,1-2H3. The van der Waals surface area contributed by atoms with Gasteiger partial charge < -0.3 is 4.74 Å². The molecule has 0 aromatic rings. The van der Waals surface area contributed by atoms with Gasteiger partial charge in [-0.05, 0) is 13.3 Å². The molecule has 0 bridgehead atoms. The van der Waals surface area contributed by atoms with Gasteiger partial charge in [0.15, 0.2) is 0 Å². The van der Waals surface area contributed by atoms with Gasteiger partial charge in [-0.3, -0.25) is 0 Å². The third-order valence-electron chi connectivity index (χ3n) is 0.923. The lowest BCUT2D eigenvalue weighted by Gasteiger charge is -1.99. The Hall–Kier alpha value is -0.860. The summed E-state index contributed by atoms with van der Waals surface area (Å²) < 4.78 is 16.2. The molecule has 0 aromatic heterocycles. The summed E-state index contributed by atoms with van der Waals surface area (Å²) in [6, 6.07) is 0. The molecule has 0 amide bonds. The van der Waals surface area contributed by atoms with Crippen LogP contribution in [0.3, 0.4) is 0 Å². The molecule has 0 aliphatic heterocycles. The Bertz CT molecular complexity index is 141. The number of hydrogen-bond acceptors (Lipinski definition) is 2. The van der Waals surface area contributed by atoms with E-state index in [1.165, 1.54) is 6.92 Å². The van der Waals surface area contributed by atoms with Crippen molar-refractivity contribution in [3.63, 3.8) is 0 Å². The zero-order valence-electron chi connectivity index (χ0n) is 6.19. The molecular weight excluding hydrogens is 135 g/mol. The van der Waals surface area contributed by atoms with Crippen molar-refractivity contribution < 1.29 is 13.9 Å². The van der Waals surface area contributed by atoms with E-state index in [4.69, 9.17) is 0 Å². The predicted molar refractivity (Wildman–Crippen MR) is 36.1 cm³/mol. The molecule has 0 fully saturated rings. The van der Waals surface area contributed by atoms with E-state index < -0.39 is 5.97 Å². The second-order valence-corrected chi connectivity index (χ2v) is 1.93. The monoisotopic (exact) mass is 146 g/mol. The molecule has 0 aliphatic rings. The maximum absolute atomic E-state index is 11.6. The molecule has 10 heavy (non-hydrogen) atoms. The molecule has 0 rings (SSSR count). The second-order valence-electron chi connectivity index (χ2n) is 1.93. The quantitative estimate of drug-likeness (QED) is 0.448. The minimum Gasteiger partial charge on any atom is -0.462 e. The molecule has 0 spiro atoms.